The Hall–Kier alpha value is -2.96. The van der Waals surface area contributed by atoms with Crippen molar-refractivity contribution in [2.75, 3.05) is 12.8 Å². The molecule has 7 nitrogen and oxygen atoms in total. The Morgan fingerprint density at radius 3 is 2.55 bits per heavy atom. The highest BCUT2D eigenvalue weighted by atomic mass is 16.5. The van der Waals surface area contributed by atoms with Crippen molar-refractivity contribution in [3.8, 4) is 28.7 Å². The third-order valence-corrected chi connectivity index (χ3v) is 2.70. The van der Waals surface area contributed by atoms with Crippen LogP contribution in [-0.4, -0.2) is 27.2 Å². The summed E-state index contributed by atoms with van der Waals surface area (Å²) in [7, 11) is 1.61. The van der Waals surface area contributed by atoms with Gasteiger partial charge in [0.1, 0.15) is 5.75 Å². The van der Waals surface area contributed by atoms with E-state index in [4.69, 9.17) is 15.0 Å². The molecule has 0 fully saturated rings. The zero-order valence-electron chi connectivity index (χ0n) is 10.6. The van der Waals surface area contributed by atoms with Crippen molar-refractivity contribution in [2.45, 2.75) is 0 Å². The van der Waals surface area contributed by atoms with E-state index >= 15 is 0 Å². The Morgan fingerprint density at radius 1 is 1.10 bits per heavy atom. The number of methoxy groups -OCH3 is 1. The van der Waals surface area contributed by atoms with Gasteiger partial charge in [0, 0.05) is 18.0 Å². The molecule has 0 aliphatic heterocycles. The highest BCUT2D eigenvalue weighted by Crippen LogP contribution is 2.24. The number of benzene rings is 1. The summed E-state index contributed by atoms with van der Waals surface area (Å²) in [6, 6.07) is 7.32. The van der Waals surface area contributed by atoms with Crippen LogP contribution in [0.15, 0.2) is 41.2 Å². The molecule has 0 saturated heterocycles. The van der Waals surface area contributed by atoms with Gasteiger partial charge in [-0.15, -0.1) is 0 Å². The number of rotatable bonds is 3. The van der Waals surface area contributed by atoms with Gasteiger partial charge in [-0.1, -0.05) is 5.16 Å². The van der Waals surface area contributed by atoms with E-state index in [9.17, 15) is 0 Å². The van der Waals surface area contributed by atoms with Crippen molar-refractivity contribution in [3.63, 3.8) is 0 Å². The van der Waals surface area contributed by atoms with E-state index in [0.717, 1.165) is 11.3 Å². The number of hydrogen-bond acceptors (Lipinski definition) is 7. The predicted molar refractivity (Wildman–Crippen MR) is 71.7 cm³/mol. The first-order valence-electron chi connectivity index (χ1n) is 5.83. The molecule has 0 aliphatic carbocycles. The fourth-order valence-corrected chi connectivity index (χ4v) is 1.69. The van der Waals surface area contributed by atoms with Crippen molar-refractivity contribution in [2.24, 2.45) is 0 Å². The van der Waals surface area contributed by atoms with Crippen LogP contribution in [0, 0.1) is 0 Å². The summed E-state index contributed by atoms with van der Waals surface area (Å²) < 4.78 is 10.3. The first kappa shape index (κ1) is 12.1. The molecule has 2 aromatic heterocycles. The van der Waals surface area contributed by atoms with Crippen molar-refractivity contribution in [1.29, 1.82) is 0 Å². The molecular formula is C13H11N5O2. The van der Waals surface area contributed by atoms with Crippen LogP contribution in [0.2, 0.25) is 0 Å². The van der Waals surface area contributed by atoms with Crippen LogP contribution in [0.25, 0.3) is 23.0 Å². The SMILES string of the molecule is COc1ccc(-c2noc(-c3nccnc3N)n2)cc1. The van der Waals surface area contributed by atoms with Gasteiger partial charge in [-0.2, -0.15) is 4.98 Å². The van der Waals surface area contributed by atoms with Gasteiger partial charge >= 0.3 is 0 Å². The van der Waals surface area contributed by atoms with Gasteiger partial charge in [0.05, 0.1) is 7.11 Å². The van der Waals surface area contributed by atoms with E-state index in [1.165, 1.54) is 12.4 Å². The minimum absolute atomic E-state index is 0.237. The number of aromatic nitrogens is 4. The minimum atomic E-state index is 0.237. The van der Waals surface area contributed by atoms with Gasteiger partial charge in [-0.05, 0) is 24.3 Å². The Balaban J connectivity index is 1.95. The van der Waals surface area contributed by atoms with Crippen LogP contribution in [0.1, 0.15) is 0 Å². The molecule has 0 unspecified atom stereocenters. The average Bonchev–Trinajstić information content (AvgIpc) is 2.97. The second-order valence-corrected chi connectivity index (χ2v) is 3.94. The van der Waals surface area contributed by atoms with Gasteiger partial charge in [-0.3, -0.25) is 0 Å². The van der Waals surface area contributed by atoms with Crippen LogP contribution in [-0.2, 0) is 0 Å². The lowest BCUT2D eigenvalue weighted by atomic mass is 10.2. The lowest BCUT2D eigenvalue weighted by Gasteiger charge is -1.99. The highest BCUT2D eigenvalue weighted by Gasteiger charge is 2.14. The van der Waals surface area contributed by atoms with Crippen LogP contribution < -0.4 is 10.5 Å². The second-order valence-electron chi connectivity index (χ2n) is 3.94. The first-order valence-corrected chi connectivity index (χ1v) is 5.83. The molecule has 7 heteroatoms. The summed E-state index contributed by atoms with van der Waals surface area (Å²) in [6.07, 6.45) is 3.02. The summed E-state index contributed by atoms with van der Waals surface area (Å²) in [5.74, 6) is 1.70. The molecule has 0 radical (unpaired) electrons. The number of ether oxygens (including phenoxy) is 1. The highest BCUT2D eigenvalue weighted by molar-refractivity contribution is 5.64. The van der Waals surface area contributed by atoms with Crippen molar-refractivity contribution in [3.05, 3.63) is 36.7 Å². The van der Waals surface area contributed by atoms with E-state index in [0.29, 0.717) is 11.5 Å². The maximum Gasteiger partial charge on any atom is 0.280 e. The average molecular weight is 269 g/mol. The zero-order chi connectivity index (χ0) is 13.9. The van der Waals surface area contributed by atoms with Gasteiger partial charge in [0.25, 0.3) is 5.89 Å². The Labute approximate surface area is 114 Å². The molecule has 0 amide bonds. The Morgan fingerprint density at radius 2 is 1.85 bits per heavy atom. The topological polar surface area (TPSA) is 100.0 Å². The molecule has 0 bridgehead atoms. The third kappa shape index (κ3) is 2.16. The van der Waals surface area contributed by atoms with Gasteiger partial charge in [0.15, 0.2) is 11.5 Å². The number of nitrogens with two attached hydrogens (primary N) is 1. The molecule has 2 heterocycles. The Kier molecular flexibility index (Phi) is 3.00. The molecular weight excluding hydrogens is 258 g/mol. The van der Waals surface area contributed by atoms with E-state index in [1.807, 2.05) is 24.3 Å². The van der Waals surface area contributed by atoms with Gasteiger partial charge in [0.2, 0.25) is 5.82 Å². The second kappa shape index (κ2) is 4.96. The van der Waals surface area contributed by atoms with Crippen LogP contribution in [0.4, 0.5) is 5.82 Å². The third-order valence-electron chi connectivity index (χ3n) is 2.70. The molecule has 0 aliphatic rings. The van der Waals surface area contributed by atoms with Crippen LogP contribution >= 0.6 is 0 Å². The summed E-state index contributed by atoms with van der Waals surface area (Å²) in [4.78, 5) is 12.3. The lowest BCUT2D eigenvalue weighted by Crippen LogP contribution is -1.96. The fourth-order valence-electron chi connectivity index (χ4n) is 1.69. The van der Waals surface area contributed by atoms with E-state index < -0.39 is 0 Å². The van der Waals surface area contributed by atoms with E-state index in [1.54, 1.807) is 7.11 Å². The van der Waals surface area contributed by atoms with Crippen molar-refractivity contribution < 1.29 is 9.26 Å². The number of anilines is 1. The van der Waals surface area contributed by atoms with Gasteiger partial charge in [-0.25, -0.2) is 9.97 Å². The summed E-state index contributed by atoms with van der Waals surface area (Å²) in [6.45, 7) is 0. The van der Waals surface area contributed by atoms with Crippen molar-refractivity contribution >= 4 is 5.82 Å². The maximum atomic E-state index is 5.72. The zero-order valence-corrected chi connectivity index (χ0v) is 10.6. The Bertz CT molecular complexity index is 724. The van der Waals surface area contributed by atoms with Crippen LogP contribution in [0.3, 0.4) is 0 Å². The monoisotopic (exact) mass is 269 g/mol. The largest absolute Gasteiger partial charge is 0.497 e. The number of nitrogen functional groups attached to an aromatic ring is 1. The van der Waals surface area contributed by atoms with Crippen molar-refractivity contribution in [1.82, 2.24) is 20.1 Å². The minimum Gasteiger partial charge on any atom is -0.497 e. The van der Waals surface area contributed by atoms with E-state index in [-0.39, 0.29) is 11.7 Å². The smallest absolute Gasteiger partial charge is 0.280 e. The molecule has 1 aromatic carbocycles. The summed E-state index contributed by atoms with van der Waals surface area (Å²) >= 11 is 0. The van der Waals surface area contributed by atoms with Gasteiger partial charge < -0.3 is 15.0 Å². The normalized spacial score (nSPS) is 10.4. The molecule has 0 saturated carbocycles. The quantitative estimate of drug-likeness (QED) is 0.773. The molecule has 0 atom stereocenters. The summed E-state index contributed by atoms with van der Waals surface area (Å²) in [5.41, 5.74) is 6.90. The maximum absolute atomic E-state index is 5.72. The summed E-state index contributed by atoms with van der Waals surface area (Å²) in [5, 5.41) is 3.91. The first-order chi connectivity index (χ1) is 9.78. The van der Waals surface area contributed by atoms with Crippen LogP contribution in [0.5, 0.6) is 5.75 Å². The standard InChI is InChI=1S/C13H11N5O2/c1-19-9-4-2-8(3-5-9)12-17-13(20-18-12)10-11(14)16-7-6-15-10/h2-7H,1H3,(H2,14,16). The molecule has 100 valence electrons. The molecule has 20 heavy (non-hydrogen) atoms. The molecule has 2 N–H and O–H groups in total. The number of hydrogen-bond donors (Lipinski definition) is 1. The van der Waals surface area contributed by atoms with E-state index in [2.05, 4.69) is 20.1 Å². The lowest BCUT2D eigenvalue weighted by molar-refractivity contribution is 0.414. The fraction of sp³-hybridized carbons (Fsp3) is 0.0769. The molecule has 3 aromatic rings. The molecule has 3 rings (SSSR count). The predicted octanol–water partition coefficient (Wildman–Crippen LogP) is 1.78. The molecule has 0 spiro atoms. The number of nitrogens with zero attached hydrogens (tertiary/aromatic N) is 4.